The van der Waals surface area contributed by atoms with Crippen molar-refractivity contribution in [2.24, 2.45) is 11.0 Å². The second kappa shape index (κ2) is 6.32. The van der Waals surface area contributed by atoms with Crippen molar-refractivity contribution in [3.05, 3.63) is 59.9 Å². The highest BCUT2D eigenvalue weighted by molar-refractivity contribution is 6.05. The number of carbonyl (C=O) groups excluding carboxylic acids is 1. The molecule has 3 rings (SSSR count). The van der Waals surface area contributed by atoms with Gasteiger partial charge in [-0.2, -0.15) is 5.10 Å². The molecule has 118 valence electrons. The molecule has 1 unspecified atom stereocenters. The van der Waals surface area contributed by atoms with Crippen LogP contribution < -0.4 is 0 Å². The first-order valence-electron chi connectivity index (χ1n) is 7.83. The Kier molecular flexibility index (Phi) is 4.24. The van der Waals surface area contributed by atoms with E-state index in [2.05, 4.69) is 5.10 Å². The van der Waals surface area contributed by atoms with Crippen LogP contribution in [0.15, 0.2) is 53.6 Å². The van der Waals surface area contributed by atoms with Crippen molar-refractivity contribution in [1.29, 1.82) is 0 Å². The van der Waals surface area contributed by atoms with Crippen molar-refractivity contribution in [1.82, 2.24) is 5.01 Å². The largest absolute Gasteiger partial charge is 0.273 e. The summed E-state index contributed by atoms with van der Waals surface area (Å²) in [6, 6.07) is 14.5. The third-order valence-corrected chi connectivity index (χ3v) is 4.12. The molecule has 23 heavy (non-hydrogen) atoms. The van der Waals surface area contributed by atoms with Gasteiger partial charge in [-0.3, -0.25) is 4.79 Å². The van der Waals surface area contributed by atoms with E-state index in [0.717, 1.165) is 22.4 Å². The van der Waals surface area contributed by atoms with Crippen molar-refractivity contribution in [3.63, 3.8) is 0 Å². The lowest BCUT2D eigenvalue weighted by Crippen LogP contribution is -2.36. The standard InChI is InChI=1S/C19H19FN2O/c1-3-22-18(23)12-13(2)19(21-22)16-6-4-14(5-7-16)15-8-10-17(20)11-9-15/h4-11,13H,3,12H2,1-2H3. The zero-order chi connectivity index (χ0) is 16.4. The highest BCUT2D eigenvalue weighted by Gasteiger charge is 2.26. The molecule has 2 aromatic rings. The van der Waals surface area contributed by atoms with Crippen molar-refractivity contribution in [3.8, 4) is 11.1 Å². The highest BCUT2D eigenvalue weighted by atomic mass is 19.1. The van der Waals surface area contributed by atoms with E-state index in [-0.39, 0.29) is 17.6 Å². The summed E-state index contributed by atoms with van der Waals surface area (Å²) in [5.74, 6) is -0.0475. The lowest BCUT2D eigenvalue weighted by molar-refractivity contribution is -0.132. The van der Waals surface area contributed by atoms with Gasteiger partial charge in [0.15, 0.2) is 0 Å². The molecule has 0 saturated carbocycles. The van der Waals surface area contributed by atoms with Gasteiger partial charge in [0.25, 0.3) is 0 Å². The van der Waals surface area contributed by atoms with Crippen molar-refractivity contribution in [2.75, 3.05) is 6.54 Å². The molecule has 3 nitrogen and oxygen atoms in total. The van der Waals surface area contributed by atoms with Crippen LogP contribution in [0.2, 0.25) is 0 Å². The SMILES string of the molecule is CCN1N=C(c2ccc(-c3ccc(F)cc3)cc2)C(C)CC1=O. The molecule has 0 fully saturated rings. The Hall–Kier alpha value is -2.49. The predicted molar refractivity (Wildman–Crippen MR) is 89.5 cm³/mol. The number of amides is 1. The number of hydrogen-bond donors (Lipinski definition) is 0. The van der Waals surface area contributed by atoms with Crippen LogP contribution >= 0.6 is 0 Å². The summed E-state index contributed by atoms with van der Waals surface area (Å²) in [5.41, 5.74) is 3.97. The molecular weight excluding hydrogens is 291 g/mol. The lowest BCUT2D eigenvalue weighted by Gasteiger charge is -2.26. The molecule has 0 N–H and O–H groups in total. The number of hydrogen-bond acceptors (Lipinski definition) is 2. The van der Waals surface area contributed by atoms with E-state index in [9.17, 15) is 9.18 Å². The number of hydrazone groups is 1. The average Bonchev–Trinajstić information content (AvgIpc) is 2.56. The van der Waals surface area contributed by atoms with Crippen molar-refractivity contribution in [2.45, 2.75) is 20.3 Å². The molecule has 1 atom stereocenters. The van der Waals surface area contributed by atoms with E-state index in [1.54, 1.807) is 12.1 Å². The summed E-state index contributed by atoms with van der Waals surface area (Å²) in [6.45, 7) is 4.53. The minimum atomic E-state index is -0.236. The van der Waals surface area contributed by atoms with E-state index < -0.39 is 0 Å². The maximum atomic E-state index is 13.0. The van der Waals surface area contributed by atoms with Gasteiger partial charge in [-0.15, -0.1) is 0 Å². The molecule has 0 aromatic heterocycles. The van der Waals surface area contributed by atoms with Crippen LogP contribution in [0.3, 0.4) is 0 Å². The van der Waals surface area contributed by atoms with Crippen LogP contribution in [-0.2, 0) is 4.79 Å². The molecule has 0 spiro atoms. The Morgan fingerprint density at radius 1 is 1.04 bits per heavy atom. The van der Waals surface area contributed by atoms with E-state index >= 15 is 0 Å². The topological polar surface area (TPSA) is 32.7 Å². The summed E-state index contributed by atoms with van der Waals surface area (Å²) in [7, 11) is 0. The van der Waals surface area contributed by atoms with Crippen LogP contribution in [0.1, 0.15) is 25.8 Å². The fraction of sp³-hybridized carbons (Fsp3) is 0.263. The van der Waals surface area contributed by atoms with E-state index in [0.29, 0.717) is 13.0 Å². The van der Waals surface area contributed by atoms with Crippen molar-refractivity contribution >= 4 is 11.6 Å². The normalized spacial score (nSPS) is 18.0. The van der Waals surface area contributed by atoms with Gasteiger partial charge < -0.3 is 0 Å². The number of rotatable bonds is 3. The second-order valence-electron chi connectivity index (χ2n) is 5.78. The first kappa shape index (κ1) is 15.4. The van der Waals surface area contributed by atoms with E-state index in [4.69, 9.17) is 0 Å². The van der Waals surface area contributed by atoms with Gasteiger partial charge in [0.2, 0.25) is 5.91 Å². The molecule has 1 aliphatic heterocycles. The maximum absolute atomic E-state index is 13.0. The Balaban J connectivity index is 1.90. The van der Waals surface area contributed by atoms with Gasteiger partial charge >= 0.3 is 0 Å². The Morgan fingerprint density at radius 2 is 1.57 bits per heavy atom. The minimum Gasteiger partial charge on any atom is -0.273 e. The van der Waals surface area contributed by atoms with Crippen LogP contribution in [0.25, 0.3) is 11.1 Å². The van der Waals surface area contributed by atoms with Crippen LogP contribution in [-0.4, -0.2) is 23.2 Å². The molecule has 0 radical (unpaired) electrons. The molecule has 1 aliphatic rings. The third kappa shape index (κ3) is 3.16. The molecule has 1 heterocycles. The third-order valence-electron chi connectivity index (χ3n) is 4.12. The molecular formula is C19H19FN2O. The number of halogens is 1. The van der Waals surface area contributed by atoms with Crippen molar-refractivity contribution < 1.29 is 9.18 Å². The second-order valence-corrected chi connectivity index (χ2v) is 5.78. The summed E-state index contributed by atoms with van der Waals surface area (Å²) in [5, 5.41) is 6.03. The van der Waals surface area contributed by atoms with Gasteiger partial charge in [0.05, 0.1) is 5.71 Å². The lowest BCUT2D eigenvalue weighted by atomic mass is 9.92. The summed E-state index contributed by atoms with van der Waals surface area (Å²) >= 11 is 0. The predicted octanol–water partition coefficient (Wildman–Crippen LogP) is 4.09. The minimum absolute atomic E-state index is 0.0756. The van der Waals surface area contributed by atoms with Gasteiger partial charge in [-0.25, -0.2) is 9.40 Å². The Labute approximate surface area is 135 Å². The zero-order valence-electron chi connectivity index (χ0n) is 13.3. The number of nitrogens with zero attached hydrogens (tertiary/aromatic N) is 2. The summed E-state index contributed by atoms with van der Waals surface area (Å²) in [4.78, 5) is 11.9. The van der Waals surface area contributed by atoms with Gasteiger partial charge in [0, 0.05) is 18.9 Å². The molecule has 0 saturated heterocycles. The van der Waals surface area contributed by atoms with Crippen LogP contribution in [0.4, 0.5) is 4.39 Å². The highest BCUT2D eigenvalue weighted by Crippen LogP contribution is 2.24. The smallest absolute Gasteiger partial charge is 0.243 e. The van der Waals surface area contributed by atoms with Gasteiger partial charge in [0.1, 0.15) is 5.82 Å². The fourth-order valence-corrected chi connectivity index (χ4v) is 2.81. The maximum Gasteiger partial charge on any atom is 0.243 e. The summed E-state index contributed by atoms with van der Waals surface area (Å²) in [6.07, 6.45) is 0.492. The van der Waals surface area contributed by atoms with Gasteiger partial charge in [-0.05, 0) is 35.7 Å². The Morgan fingerprint density at radius 3 is 2.13 bits per heavy atom. The summed E-state index contributed by atoms with van der Waals surface area (Å²) < 4.78 is 13.0. The van der Waals surface area contributed by atoms with Gasteiger partial charge in [-0.1, -0.05) is 43.3 Å². The fourth-order valence-electron chi connectivity index (χ4n) is 2.81. The first-order chi connectivity index (χ1) is 11.1. The quantitative estimate of drug-likeness (QED) is 0.840. The number of carbonyl (C=O) groups is 1. The average molecular weight is 310 g/mol. The molecule has 2 aromatic carbocycles. The molecule has 4 heteroatoms. The molecule has 0 aliphatic carbocycles. The zero-order valence-corrected chi connectivity index (χ0v) is 13.3. The number of benzene rings is 2. The Bertz CT molecular complexity index is 735. The monoisotopic (exact) mass is 310 g/mol. The molecule has 0 bridgehead atoms. The van der Waals surface area contributed by atoms with E-state index in [1.165, 1.54) is 17.1 Å². The van der Waals surface area contributed by atoms with Crippen LogP contribution in [0, 0.1) is 11.7 Å². The van der Waals surface area contributed by atoms with Crippen LogP contribution in [0.5, 0.6) is 0 Å². The molecule has 1 amide bonds. The first-order valence-corrected chi connectivity index (χ1v) is 7.83. The van der Waals surface area contributed by atoms with E-state index in [1.807, 2.05) is 38.1 Å².